The molecule has 2 aromatic heterocycles. The largest absolute Gasteiger partial charge is 0.468 e. The Morgan fingerprint density at radius 3 is 2.75 bits per heavy atom. The lowest BCUT2D eigenvalue weighted by Gasteiger charge is -2.35. The number of anilines is 1. The van der Waals surface area contributed by atoms with Crippen molar-refractivity contribution in [1.29, 1.82) is 0 Å². The standard InChI is InChI=1S/C26H36N6O4/c1-3-4-17-35-24-29-22(27)21-23(30-24)32(25(28-21)34-2)16-10-14-20-13-8-9-15-31(20)26(33)36-18-19-11-6-5-7-12-19/h5-7,11-12,20H,3-4,8-10,13-18H2,1-2H3,(H2,27,29,30). The topological polar surface area (TPSA) is 118 Å². The summed E-state index contributed by atoms with van der Waals surface area (Å²) in [5.74, 6) is 0.267. The normalized spacial score (nSPS) is 15.7. The minimum Gasteiger partial charge on any atom is -0.468 e. The molecule has 3 aromatic rings. The summed E-state index contributed by atoms with van der Waals surface area (Å²) >= 11 is 0. The number of likely N-dealkylation sites (tertiary alicyclic amines) is 1. The lowest BCUT2D eigenvalue weighted by molar-refractivity contribution is 0.0652. The van der Waals surface area contributed by atoms with Crippen molar-refractivity contribution in [2.24, 2.45) is 0 Å². The first-order valence-electron chi connectivity index (χ1n) is 12.8. The molecule has 4 rings (SSSR count). The number of piperidine rings is 1. The molecule has 1 unspecified atom stereocenters. The van der Waals surface area contributed by atoms with Crippen molar-refractivity contribution in [1.82, 2.24) is 24.4 Å². The van der Waals surface area contributed by atoms with E-state index in [2.05, 4.69) is 21.9 Å². The molecule has 194 valence electrons. The quantitative estimate of drug-likeness (QED) is 0.384. The Kier molecular flexibility index (Phi) is 8.80. The Hall–Kier alpha value is -3.56. The highest BCUT2D eigenvalue weighted by molar-refractivity contribution is 5.83. The van der Waals surface area contributed by atoms with Gasteiger partial charge in [-0.1, -0.05) is 43.7 Å². The van der Waals surface area contributed by atoms with Crippen LogP contribution in [0.5, 0.6) is 12.0 Å². The van der Waals surface area contributed by atoms with Gasteiger partial charge in [0, 0.05) is 19.1 Å². The van der Waals surface area contributed by atoms with Crippen molar-refractivity contribution in [2.75, 3.05) is 26.0 Å². The summed E-state index contributed by atoms with van der Waals surface area (Å²) in [6.45, 7) is 4.25. The van der Waals surface area contributed by atoms with E-state index in [0.29, 0.717) is 30.3 Å². The predicted molar refractivity (Wildman–Crippen MR) is 137 cm³/mol. The molecule has 1 atom stereocenters. The van der Waals surface area contributed by atoms with Gasteiger partial charge in [0.25, 0.3) is 6.01 Å². The fourth-order valence-corrected chi connectivity index (χ4v) is 4.54. The molecule has 0 saturated carbocycles. The minimum absolute atomic E-state index is 0.135. The highest BCUT2D eigenvalue weighted by atomic mass is 16.6. The van der Waals surface area contributed by atoms with E-state index in [1.807, 2.05) is 39.8 Å². The third-order valence-corrected chi connectivity index (χ3v) is 6.46. The summed E-state index contributed by atoms with van der Waals surface area (Å²) in [4.78, 5) is 28.0. The van der Waals surface area contributed by atoms with Gasteiger partial charge in [-0.05, 0) is 44.1 Å². The summed E-state index contributed by atoms with van der Waals surface area (Å²) in [5, 5.41) is 0. The molecule has 2 N–H and O–H groups in total. The van der Waals surface area contributed by atoms with Gasteiger partial charge in [0.2, 0.25) is 0 Å². The first-order valence-corrected chi connectivity index (χ1v) is 12.8. The van der Waals surface area contributed by atoms with Crippen LogP contribution in [0.1, 0.15) is 57.4 Å². The molecule has 1 aliphatic heterocycles. The maximum absolute atomic E-state index is 12.9. The van der Waals surface area contributed by atoms with E-state index in [1.54, 1.807) is 7.11 Å². The second-order valence-electron chi connectivity index (χ2n) is 9.04. The zero-order chi connectivity index (χ0) is 25.3. The zero-order valence-corrected chi connectivity index (χ0v) is 21.2. The molecule has 3 heterocycles. The summed E-state index contributed by atoms with van der Waals surface area (Å²) < 4.78 is 18.7. The Labute approximate surface area is 211 Å². The molecule has 0 aliphatic carbocycles. The van der Waals surface area contributed by atoms with Crippen LogP contribution in [0.4, 0.5) is 10.6 Å². The Morgan fingerprint density at radius 2 is 1.97 bits per heavy atom. The number of ether oxygens (including phenoxy) is 3. The van der Waals surface area contributed by atoms with Crippen molar-refractivity contribution in [3.8, 4) is 12.0 Å². The summed E-state index contributed by atoms with van der Waals surface area (Å²) in [5.41, 5.74) is 8.22. The average molecular weight is 497 g/mol. The van der Waals surface area contributed by atoms with Crippen LogP contribution in [0, 0.1) is 0 Å². The van der Waals surface area contributed by atoms with Gasteiger partial charge in [-0.15, -0.1) is 0 Å². The van der Waals surface area contributed by atoms with Crippen molar-refractivity contribution >= 4 is 23.1 Å². The van der Waals surface area contributed by atoms with Crippen LogP contribution in [0.15, 0.2) is 30.3 Å². The number of fused-ring (bicyclic) bond motifs is 1. The number of benzene rings is 1. The number of nitrogens with two attached hydrogens (primary N) is 1. The van der Waals surface area contributed by atoms with Crippen LogP contribution >= 0.6 is 0 Å². The van der Waals surface area contributed by atoms with Crippen LogP contribution in [0.2, 0.25) is 0 Å². The van der Waals surface area contributed by atoms with Gasteiger partial charge in [-0.2, -0.15) is 15.0 Å². The maximum Gasteiger partial charge on any atom is 0.410 e. The molecule has 0 bridgehead atoms. The highest BCUT2D eigenvalue weighted by Gasteiger charge is 2.28. The first-order chi connectivity index (χ1) is 17.6. The molecule has 0 spiro atoms. The molecular formula is C26H36N6O4. The van der Waals surface area contributed by atoms with Crippen molar-refractivity contribution in [2.45, 2.75) is 71.1 Å². The third kappa shape index (κ3) is 6.16. The SMILES string of the molecule is CCCCOc1nc(N)c2nc(OC)n(CCCC3CCCCN3C(=O)OCc3ccccc3)c2n1. The van der Waals surface area contributed by atoms with Crippen LogP contribution < -0.4 is 15.2 Å². The van der Waals surface area contributed by atoms with E-state index in [1.165, 1.54) is 0 Å². The van der Waals surface area contributed by atoms with Crippen molar-refractivity contribution in [3.05, 3.63) is 35.9 Å². The van der Waals surface area contributed by atoms with E-state index in [0.717, 1.165) is 57.1 Å². The number of hydrogen-bond acceptors (Lipinski definition) is 8. The molecule has 1 aliphatic rings. The fourth-order valence-electron chi connectivity index (χ4n) is 4.54. The van der Waals surface area contributed by atoms with E-state index in [4.69, 9.17) is 19.9 Å². The van der Waals surface area contributed by atoms with Gasteiger partial charge < -0.3 is 24.8 Å². The molecule has 10 nitrogen and oxygen atoms in total. The summed E-state index contributed by atoms with van der Waals surface area (Å²) in [6.07, 6.45) is 6.39. The molecule has 0 radical (unpaired) electrons. The number of carbonyl (C=O) groups is 1. The van der Waals surface area contributed by atoms with Crippen molar-refractivity contribution < 1.29 is 19.0 Å². The lowest BCUT2D eigenvalue weighted by atomic mass is 9.98. The zero-order valence-electron chi connectivity index (χ0n) is 21.2. The number of carbonyl (C=O) groups excluding carboxylic acids is 1. The van der Waals surface area contributed by atoms with Crippen LogP contribution in [-0.2, 0) is 17.9 Å². The highest BCUT2D eigenvalue weighted by Crippen LogP contribution is 2.27. The number of nitrogen functional groups attached to an aromatic ring is 1. The van der Waals surface area contributed by atoms with E-state index in [9.17, 15) is 4.79 Å². The van der Waals surface area contributed by atoms with E-state index >= 15 is 0 Å². The van der Waals surface area contributed by atoms with Crippen LogP contribution in [0.3, 0.4) is 0 Å². The number of unbranched alkanes of at least 4 members (excludes halogenated alkanes) is 1. The monoisotopic (exact) mass is 496 g/mol. The Morgan fingerprint density at radius 1 is 1.14 bits per heavy atom. The smallest absolute Gasteiger partial charge is 0.410 e. The number of imidazole rings is 1. The molecule has 36 heavy (non-hydrogen) atoms. The van der Waals surface area contributed by atoms with Gasteiger partial charge in [0.05, 0.1) is 13.7 Å². The molecule has 1 saturated heterocycles. The molecule has 1 aromatic carbocycles. The van der Waals surface area contributed by atoms with E-state index < -0.39 is 0 Å². The number of aryl methyl sites for hydroxylation is 1. The Balaban J connectivity index is 1.40. The van der Waals surface area contributed by atoms with Crippen molar-refractivity contribution in [3.63, 3.8) is 0 Å². The molecule has 10 heteroatoms. The summed E-state index contributed by atoms with van der Waals surface area (Å²) in [6, 6.07) is 10.6. The third-order valence-electron chi connectivity index (χ3n) is 6.46. The van der Waals surface area contributed by atoms with Crippen LogP contribution in [-0.4, -0.2) is 56.8 Å². The number of amides is 1. The number of aromatic nitrogens is 4. The maximum atomic E-state index is 12.9. The number of rotatable bonds is 11. The summed E-state index contributed by atoms with van der Waals surface area (Å²) in [7, 11) is 1.58. The van der Waals surface area contributed by atoms with Gasteiger partial charge in [0.1, 0.15) is 6.61 Å². The Bertz CT molecular complexity index is 1140. The molecular weight excluding hydrogens is 460 g/mol. The lowest BCUT2D eigenvalue weighted by Crippen LogP contribution is -2.44. The first kappa shape index (κ1) is 25.5. The molecule has 1 fully saturated rings. The number of nitrogens with zero attached hydrogens (tertiary/aromatic N) is 5. The van der Waals surface area contributed by atoms with Crippen LogP contribution in [0.25, 0.3) is 11.2 Å². The van der Waals surface area contributed by atoms with Gasteiger partial charge >= 0.3 is 12.1 Å². The number of methoxy groups -OCH3 is 1. The second kappa shape index (κ2) is 12.4. The fraction of sp³-hybridized carbons (Fsp3) is 0.538. The average Bonchev–Trinajstić information content (AvgIpc) is 3.26. The van der Waals surface area contributed by atoms with Gasteiger partial charge in [0.15, 0.2) is 17.0 Å². The predicted octanol–water partition coefficient (Wildman–Crippen LogP) is 4.57. The van der Waals surface area contributed by atoms with E-state index in [-0.39, 0.29) is 30.6 Å². The second-order valence-corrected chi connectivity index (χ2v) is 9.04. The van der Waals surface area contributed by atoms with Gasteiger partial charge in [-0.25, -0.2) is 4.79 Å². The number of hydrogen-bond donors (Lipinski definition) is 1. The van der Waals surface area contributed by atoms with Gasteiger partial charge in [-0.3, -0.25) is 4.57 Å². The molecule has 1 amide bonds. The minimum atomic E-state index is -0.247.